The predicted molar refractivity (Wildman–Crippen MR) is 71.7 cm³/mol. The van der Waals surface area contributed by atoms with Crippen molar-refractivity contribution in [3.63, 3.8) is 0 Å². The fraction of sp³-hybridized carbons (Fsp3) is 0.231. The van der Waals surface area contributed by atoms with Gasteiger partial charge in [0, 0.05) is 12.1 Å². The van der Waals surface area contributed by atoms with E-state index in [0.717, 1.165) is 28.1 Å². The molecule has 19 heavy (non-hydrogen) atoms. The lowest BCUT2D eigenvalue weighted by molar-refractivity contribution is 0.251. The molecule has 0 atom stereocenters. The molecule has 0 radical (unpaired) electrons. The molecule has 0 bridgehead atoms. The predicted octanol–water partition coefficient (Wildman–Crippen LogP) is 2.18. The normalized spacial score (nSPS) is 13.7. The van der Waals surface area contributed by atoms with E-state index < -0.39 is 0 Å². The average molecular weight is 258 g/mol. The van der Waals surface area contributed by atoms with Crippen molar-refractivity contribution in [2.24, 2.45) is 0 Å². The monoisotopic (exact) mass is 258 g/mol. The van der Waals surface area contributed by atoms with Crippen molar-refractivity contribution in [2.75, 3.05) is 11.1 Å². The molecule has 2 heterocycles. The van der Waals surface area contributed by atoms with E-state index in [0.29, 0.717) is 17.9 Å². The van der Waals surface area contributed by atoms with Gasteiger partial charge in [0.25, 0.3) is 0 Å². The number of carbonyl (C=O) groups is 1. The Morgan fingerprint density at radius 3 is 2.84 bits per heavy atom. The molecular formula is C13H14N4O2. The minimum atomic E-state index is -0.232. The molecule has 0 saturated heterocycles. The summed E-state index contributed by atoms with van der Waals surface area (Å²) in [4.78, 5) is 11.3. The van der Waals surface area contributed by atoms with Crippen LogP contribution in [0.1, 0.15) is 17.0 Å². The van der Waals surface area contributed by atoms with Crippen LogP contribution in [0.25, 0.3) is 11.1 Å². The number of nitrogens with one attached hydrogen (secondary N) is 2. The van der Waals surface area contributed by atoms with Gasteiger partial charge in [0.05, 0.1) is 17.1 Å². The number of amides is 2. The Kier molecular flexibility index (Phi) is 2.45. The highest BCUT2D eigenvalue weighted by molar-refractivity contribution is 5.97. The standard InChI is InChI=1S/C13H14N4O2/c1-6-11(7(2)19-17-6)8-3-9-5-15-13(18)16-12(9)10(14)4-8/h3-4H,5,14H2,1-2H3,(H2,15,16,18). The number of benzene rings is 1. The van der Waals surface area contributed by atoms with E-state index in [9.17, 15) is 4.79 Å². The molecule has 98 valence electrons. The summed E-state index contributed by atoms with van der Waals surface area (Å²) >= 11 is 0. The van der Waals surface area contributed by atoms with Crippen LogP contribution >= 0.6 is 0 Å². The highest BCUT2D eigenvalue weighted by Crippen LogP contribution is 2.35. The zero-order valence-electron chi connectivity index (χ0n) is 10.7. The lowest BCUT2D eigenvalue weighted by atomic mass is 9.98. The lowest BCUT2D eigenvalue weighted by Crippen LogP contribution is -2.33. The topological polar surface area (TPSA) is 93.2 Å². The first-order valence-electron chi connectivity index (χ1n) is 5.96. The number of nitrogen functional groups attached to an aromatic ring is 1. The summed E-state index contributed by atoms with van der Waals surface area (Å²) in [5.41, 5.74) is 10.9. The number of hydrogen-bond donors (Lipinski definition) is 3. The summed E-state index contributed by atoms with van der Waals surface area (Å²) in [5.74, 6) is 0.754. The van der Waals surface area contributed by atoms with Crippen LogP contribution < -0.4 is 16.4 Å². The van der Waals surface area contributed by atoms with Crippen molar-refractivity contribution in [2.45, 2.75) is 20.4 Å². The average Bonchev–Trinajstić information content (AvgIpc) is 2.70. The van der Waals surface area contributed by atoms with E-state index in [1.807, 2.05) is 26.0 Å². The molecule has 4 N–H and O–H groups in total. The smallest absolute Gasteiger partial charge is 0.319 e. The van der Waals surface area contributed by atoms with E-state index in [2.05, 4.69) is 15.8 Å². The summed E-state index contributed by atoms with van der Waals surface area (Å²) < 4.78 is 5.17. The second kappa shape index (κ2) is 4.01. The van der Waals surface area contributed by atoms with E-state index in [1.165, 1.54) is 0 Å². The van der Waals surface area contributed by atoms with Gasteiger partial charge in [0.15, 0.2) is 0 Å². The molecule has 0 unspecified atom stereocenters. The zero-order chi connectivity index (χ0) is 13.6. The molecule has 1 aliphatic heterocycles. The molecule has 1 aliphatic rings. The first-order valence-corrected chi connectivity index (χ1v) is 5.96. The molecule has 0 fully saturated rings. The van der Waals surface area contributed by atoms with Crippen LogP contribution in [-0.2, 0) is 6.54 Å². The summed E-state index contributed by atoms with van der Waals surface area (Å²) in [7, 11) is 0. The van der Waals surface area contributed by atoms with Crippen LogP contribution in [0.4, 0.5) is 16.2 Å². The van der Waals surface area contributed by atoms with E-state index in [4.69, 9.17) is 10.3 Å². The van der Waals surface area contributed by atoms with Gasteiger partial charge in [-0.15, -0.1) is 0 Å². The molecule has 1 aromatic heterocycles. The van der Waals surface area contributed by atoms with Gasteiger partial charge in [-0.2, -0.15) is 0 Å². The third-order valence-corrected chi connectivity index (χ3v) is 3.25. The number of aryl methyl sites for hydroxylation is 2. The minimum absolute atomic E-state index is 0.232. The van der Waals surface area contributed by atoms with Gasteiger partial charge < -0.3 is 20.9 Å². The third kappa shape index (κ3) is 1.81. The Bertz CT molecular complexity index is 656. The van der Waals surface area contributed by atoms with Gasteiger partial charge >= 0.3 is 6.03 Å². The molecule has 6 nitrogen and oxygen atoms in total. The summed E-state index contributed by atoms with van der Waals surface area (Å²) in [6.45, 7) is 4.22. The fourth-order valence-corrected chi connectivity index (χ4v) is 2.39. The SMILES string of the molecule is Cc1noc(C)c1-c1cc(N)c2c(c1)CNC(=O)N2. The molecule has 0 aliphatic carbocycles. The highest BCUT2D eigenvalue weighted by atomic mass is 16.5. The molecule has 1 aromatic carbocycles. The molecule has 2 aromatic rings. The van der Waals surface area contributed by atoms with Crippen LogP contribution in [0.5, 0.6) is 0 Å². The van der Waals surface area contributed by atoms with Crippen LogP contribution in [-0.4, -0.2) is 11.2 Å². The number of urea groups is 1. The van der Waals surface area contributed by atoms with Crippen LogP contribution in [0.2, 0.25) is 0 Å². The Hall–Kier alpha value is -2.50. The van der Waals surface area contributed by atoms with Crippen molar-refractivity contribution in [1.82, 2.24) is 10.5 Å². The Morgan fingerprint density at radius 1 is 1.37 bits per heavy atom. The first-order chi connectivity index (χ1) is 9.06. The van der Waals surface area contributed by atoms with Crippen molar-refractivity contribution < 1.29 is 9.32 Å². The maximum absolute atomic E-state index is 11.3. The Labute approximate surface area is 110 Å². The number of fused-ring (bicyclic) bond motifs is 1. The van der Waals surface area contributed by atoms with Gasteiger partial charge in [-0.25, -0.2) is 4.79 Å². The number of nitrogens with two attached hydrogens (primary N) is 1. The first kappa shape index (κ1) is 11.6. The number of hydrogen-bond acceptors (Lipinski definition) is 4. The van der Waals surface area contributed by atoms with Crippen LogP contribution in [0, 0.1) is 13.8 Å². The van der Waals surface area contributed by atoms with E-state index >= 15 is 0 Å². The number of nitrogens with zero attached hydrogens (tertiary/aromatic N) is 1. The second-order valence-electron chi connectivity index (χ2n) is 4.61. The van der Waals surface area contributed by atoms with Gasteiger partial charge in [-0.3, -0.25) is 0 Å². The summed E-state index contributed by atoms with van der Waals surface area (Å²) in [5, 5.41) is 9.38. The van der Waals surface area contributed by atoms with Gasteiger partial charge in [-0.1, -0.05) is 5.16 Å². The molecule has 3 rings (SSSR count). The largest absolute Gasteiger partial charge is 0.397 e. The van der Waals surface area contributed by atoms with Gasteiger partial charge in [-0.05, 0) is 37.1 Å². The second-order valence-corrected chi connectivity index (χ2v) is 4.61. The summed E-state index contributed by atoms with van der Waals surface area (Å²) in [6.07, 6.45) is 0. The lowest BCUT2D eigenvalue weighted by Gasteiger charge is -2.21. The molecular weight excluding hydrogens is 244 g/mol. The van der Waals surface area contributed by atoms with Crippen LogP contribution in [0.15, 0.2) is 16.7 Å². The Balaban J connectivity index is 2.16. The summed E-state index contributed by atoms with van der Waals surface area (Å²) in [6, 6.07) is 3.59. The number of rotatable bonds is 1. The molecule has 0 spiro atoms. The highest BCUT2D eigenvalue weighted by Gasteiger charge is 2.20. The maximum Gasteiger partial charge on any atom is 0.319 e. The minimum Gasteiger partial charge on any atom is -0.397 e. The number of aromatic nitrogens is 1. The third-order valence-electron chi connectivity index (χ3n) is 3.25. The fourth-order valence-electron chi connectivity index (χ4n) is 2.39. The Morgan fingerprint density at radius 2 is 2.16 bits per heavy atom. The van der Waals surface area contributed by atoms with E-state index in [-0.39, 0.29) is 6.03 Å². The quantitative estimate of drug-likeness (QED) is 0.683. The van der Waals surface area contributed by atoms with E-state index in [1.54, 1.807) is 0 Å². The van der Waals surface area contributed by atoms with Gasteiger partial charge in [0.1, 0.15) is 5.76 Å². The van der Waals surface area contributed by atoms with Crippen molar-refractivity contribution in [3.8, 4) is 11.1 Å². The van der Waals surface area contributed by atoms with Gasteiger partial charge in [0.2, 0.25) is 0 Å². The maximum atomic E-state index is 11.3. The molecule has 0 saturated carbocycles. The zero-order valence-corrected chi connectivity index (χ0v) is 10.7. The van der Waals surface area contributed by atoms with Crippen molar-refractivity contribution in [3.05, 3.63) is 29.2 Å². The van der Waals surface area contributed by atoms with Crippen LogP contribution in [0.3, 0.4) is 0 Å². The molecule has 2 amide bonds. The number of anilines is 2. The van der Waals surface area contributed by atoms with Crippen molar-refractivity contribution >= 4 is 17.4 Å². The van der Waals surface area contributed by atoms with Crippen molar-refractivity contribution in [1.29, 1.82) is 0 Å². The number of carbonyl (C=O) groups excluding carboxylic acids is 1. The molecule has 6 heteroatoms.